The van der Waals surface area contributed by atoms with E-state index in [1.807, 2.05) is 36.4 Å². The highest BCUT2D eigenvalue weighted by Crippen LogP contribution is 2.26. The van der Waals surface area contributed by atoms with Crippen LogP contribution in [-0.2, 0) is 0 Å². The monoisotopic (exact) mass is 308 g/mol. The molecule has 0 radical (unpaired) electrons. The summed E-state index contributed by atoms with van der Waals surface area (Å²) in [6.07, 6.45) is 0. The van der Waals surface area contributed by atoms with Gasteiger partial charge in [0.15, 0.2) is 5.96 Å². The smallest absolute Gasteiger partial charge is 0.192 e. The van der Waals surface area contributed by atoms with Crippen LogP contribution in [0.15, 0.2) is 65.7 Å². The third kappa shape index (κ3) is 3.90. The second-order valence-corrected chi connectivity index (χ2v) is 6.00. The largest absolute Gasteiger partial charge is 0.370 e. The predicted octanol–water partition coefficient (Wildman–Crippen LogP) is 2.34. The first kappa shape index (κ1) is 15.6. The lowest BCUT2D eigenvalue weighted by Gasteiger charge is -2.33. The molecule has 3 rings (SSSR count). The number of hydrogen-bond donors (Lipinski definition) is 1. The molecule has 0 amide bonds. The fourth-order valence-electron chi connectivity index (χ4n) is 2.86. The molecule has 1 aliphatic heterocycles. The van der Waals surface area contributed by atoms with E-state index in [1.54, 1.807) is 0 Å². The SMILES string of the molecule is CN1CCN(C(N)=NC(c2ccccc2)c2ccccc2)CC1. The highest BCUT2D eigenvalue weighted by molar-refractivity contribution is 5.78. The molecule has 1 heterocycles. The van der Waals surface area contributed by atoms with Crippen LogP contribution < -0.4 is 5.73 Å². The standard InChI is InChI=1S/C19H24N4/c1-22-12-14-23(15-13-22)19(20)21-18(16-8-4-2-5-9-16)17-10-6-3-7-11-17/h2-11,18H,12-15H2,1H3,(H2,20,21). The number of rotatable bonds is 3. The van der Waals surface area contributed by atoms with Gasteiger partial charge in [0.25, 0.3) is 0 Å². The number of nitrogens with zero attached hydrogens (tertiary/aromatic N) is 3. The summed E-state index contributed by atoms with van der Waals surface area (Å²) in [7, 11) is 2.14. The minimum atomic E-state index is -0.0583. The van der Waals surface area contributed by atoms with Gasteiger partial charge in [0.05, 0.1) is 0 Å². The summed E-state index contributed by atoms with van der Waals surface area (Å²) >= 11 is 0. The Kier molecular flexibility index (Phi) is 4.93. The van der Waals surface area contributed by atoms with Crippen molar-refractivity contribution in [2.75, 3.05) is 33.2 Å². The van der Waals surface area contributed by atoms with Gasteiger partial charge >= 0.3 is 0 Å². The van der Waals surface area contributed by atoms with Crippen LogP contribution in [0, 0.1) is 0 Å². The molecule has 1 aliphatic rings. The van der Waals surface area contributed by atoms with Gasteiger partial charge in [-0.05, 0) is 18.2 Å². The van der Waals surface area contributed by atoms with E-state index in [2.05, 4.69) is 41.1 Å². The fraction of sp³-hybridized carbons (Fsp3) is 0.316. The Morgan fingerprint density at radius 1 is 0.870 bits per heavy atom. The van der Waals surface area contributed by atoms with Crippen molar-refractivity contribution in [2.24, 2.45) is 10.7 Å². The minimum absolute atomic E-state index is 0.0583. The second kappa shape index (κ2) is 7.29. The molecule has 1 fully saturated rings. The van der Waals surface area contributed by atoms with Crippen LogP contribution in [-0.4, -0.2) is 49.0 Å². The van der Waals surface area contributed by atoms with Gasteiger partial charge in [-0.3, -0.25) is 0 Å². The van der Waals surface area contributed by atoms with Gasteiger partial charge in [0.2, 0.25) is 0 Å². The molecule has 2 aromatic rings. The maximum absolute atomic E-state index is 6.33. The minimum Gasteiger partial charge on any atom is -0.370 e. The van der Waals surface area contributed by atoms with E-state index in [9.17, 15) is 0 Å². The van der Waals surface area contributed by atoms with Crippen molar-refractivity contribution in [3.63, 3.8) is 0 Å². The first-order chi connectivity index (χ1) is 11.2. The van der Waals surface area contributed by atoms with Gasteiger partial charge in [0, 0.05) is 26.2 Å². The molecule has 0 aliphatic carbocycles. The van der Waals surface area contributed by atoms with E-state index < -0.39 is 0 Å². The van der Waals surface area contributed by atoms with Crippen molar-refractivity contribution < 1.29 is 0 Å². The maximum Gasteiger partial charge on any atom is 0.192 e. The maximum atomic E-state index is 6.33. The van der Waals surface area contributed by atoms with E-state index in [1.165, 1.54) is 0 Å². The van der Waals surface area contributed by atoms with Crippen LogP contribution in [0.3, 0.4) is 0 Å². The van der Waals surface area contributed by atoms with Crippen LogP contribution in [0.4, 0.5) is 0 Å². The molecule has 2 N–H and O–H groups in total. The number of piperazine rings is 1. The number of guanidine groups is 1. The van der Waals surface area contributed by atoms with E-state index in [4.69, 9.17) is 10.7 Å². The van der Waals surface area contributed by atoms with Gasteiger partial charge in [-0.1, -0.05) is 60.7 Å². The predicted molar refractivity (Wildman–Crippen MR) is 95.4 cm³/mol. The lowest BCUT2D eigenvalue weighted by atomic mass is 9.99. The van der Waals surface area contributed by atoms with Crippen molar-refractivity contribution in [3.05, 3.63) is 71.8 Å². The van der Waals surface area contributed by atoms with E-state index in [-0.39, 0.29) is 6.04 Å². The third-order valence-electron chi connectivity index (χ3n) is 4.32. The molecule has 0 saturated carbocycles. The van der Waals surface area contributed by atoms with Crippen LogP contribution in [0.2, 0.25) is 0 Å². The molecular weight excluding hydrogens is 284 g/mol. The van der Waals surface area contributed by atoms with Gasteiger partial charge in [-0.15, -0.1) is 0 Å². The van der Waals surface area contributed by atoms with Crippen molar-refractivity contribution in [1.29, 1.82) is 0 Å². The lowest BCUT2D eigenvalue weighted by molar-refractivity contribution is 0.213. The molecule has 0 spiro atoms. The Morgan fingerprint density at radius 3 is 1.83 bits per heavy atom. The Balaban J connectivity index is 1.88. The summed E-state index contributed by atoms with van der Waals surface area (Å²) in [5, 5.41) is 0. The summed E-state index contributed by atoms with van der Waals surface area (Å²) < 4.78 is 0. The summed E-state index contributed by atoms with van der Waals surface area (Å²) in [6, 6.07) is 20.6. The topological polar surface area (TPSA) is 44.9 Å². The van der Waals surface area contributed by atoms with Gasteiger partial charge < -0.3 is 15.5 Å². The molecular formula is C19H24N4. The summed E-state index contributed by atoms with van der Waals surface area (Å²) in [5.41, 5.74) is 8.65. The van der Waals surface area contributed by atoms with Crippen LogP contribution >= 0.6 is 0 Å². The number of aliphatic imine (C=N–C) groups is 1. The normalized spacial score (nSPS) is 16.8. The van der Waals surface area contributed by atoms with Crippen molar-refractivity contribution in [3.8, 4) is 0 Å². The highest BCUT2D eigenvalue weighted by Gasteiger charge is 2.18. The zero-order valence-corrected chi connectivity index (χ0v) is 13.6. The molecule has 1 saturated heterocycles. The van der Waals surface area contributed by atoms with Crippen molar-refractivity contribution in [1.82, 2.24) is 9.80 Å². The number of benzene rings is 2. The Bertz CT molecular complexity index is 591. The quantitative estimate of drug-likeness (QED) is 0.699. The molecule has 0 aromatic heterocycles. The molecule has 4 nitrogen and oxygen atoms in total. The number of hydrogen-bond acceptors (Lipinski definition) is 2. The van der Waals surface area contributed by atoms with E-state index >= 15 is 0 Å². The van der Waals surface area contributed by atoms with Gasteiger partial charge in [0.1, 0.15) is 6.04 Å². The van der Waals surface area contributed by atoms with Crippen molar-refractivity contribution >= 4 is 5.96 Å². The molecule has 2 aromatic carbocycles. The molecule has 120 valence electrons. The van der Waals surface area contributed by atoms with E-state index in [0.29, 0.717) is 5.96 Å². The molecule has 0 unspecified atom stereocenters. The second-order valence-electron chi connectivity index (χ2n) is 6.00. The van der Waals surface area contributed by atoms with Crippen LogP contribution in [0.1, 0.15) is 17.2 Å². The average molecular weight is 308 g/mol. The number of likely N-dealkylation sites (N-methyl/N-ethyl adjacent to an activating group) is 1. The molecule has 0 bridgehead atoms. The van der Waals surface area contributed by atoms with E-state index in [0.717, 1.165) is 37.3 Å². The summed E-state index contributed by atoms with van der Waals surface area (Å²) in [4.78, 5) is 9.36. The summed E-state index contributed by atoms with van der Waals surface area (Å²) in [6.45, 7) is 3.92. The zero-order valence-electron chi connectivity index (χ0n) is 13.6. The first-order valence-electron chi connectivity index (χ1n) is 8.10. The Hall–Kier alpha value is -2.33. The first-order valence-corrected chi connectivity index (χ1v) is 8.10. The molecule has 4 heteroatoms. The number of nitrogens with two attached hydrogens (primary N) is 1. The Labute approximate surface area is 138 Å². The highest BCUT2D eigenvalue weighted by atomic mass is 15.3. The lowest BCUT2D eigenvalue weighted by Crippen LogP contribution is -2.50. The summed E-state index contributed by atoms with van der Waals surface area (Å²) in [5.74, 6) is 0.635. The fourth-order valence-corrected chi connectivity index (χ4v) is 2.86. The van der Waals surface area contributed by atoms with Gasteiger partial charge in [-0.25, -0.2) is 4.99 Å². The van der Waals surface area contributed by atoms with Gasteiger partial charge in [-0.2, -0.15) is 0 Å². The molecule has 23 heavy (non-hydrogen) atoms. The Morgan fingerprint density at radius 2 is 1.35 bits per heavy atom. The third-order valence-corrected chi connectivity index (χ3v) is 4.32. The molecule has 0 atom stereocenters. The van der Waals surface area contributed by atoms with Crippen LogP contribution in [0.5, 0.6) is 0 Å². The zero-order chi connectivity index (χ0) is 16.1. The van der Waals surface area contributed by atoms with Crippen LogP contribution in [0.25, 0.3) is 0 Å². The van der Waals surface area contributed by atoms with Crippen molar-refractivity contribution in [2.45, 2.75) is 6.04 Å². The average Bonchev–Trinajstić information content (AvgIpc) is 2.61.